The van der Waals surface area contributed by atoms with Crippen molar-refractivity contribution >= 4 is 23.2 Å². The summed E-state index contributed by atoms with van der Waals surface area (Å²) in [5.74, 6) is 0. The molecule has 0 spiro atoms. The van der Waals surface area contributed by atoms with Gasteiger partial charge in [0, 0.05) is 6.20 Å². The predicted octanol–water partition coefficient (Wildman–Crippen LogP) is 4.93. The Morgan fingerprint density at radius 3 is 2.74 bits per heavy atom. The summed E-state index contributed by atoms with van der Waals surface area (Å²) < 4.78 is 0. The summed E-state index contributed by atoms with van der Waals surface area (Å²) in [6.45, 7) is 0. The van der Waals surface area contributed by atoms with E-state index in [0.29, 0.717) is 10.0 Å². The van der Waals surface area contributed by atoms with Crippen LogP contribution in [0.1, 0.15) is 50.3 Å². The quantitative estimate of drug-likeness (QED) is 0.800. The molecule has 1 aromatic rings. The zero-order valence-corrected chi connectivity index (χ0v) is 12.8. The molecular weight excluding hydrogens is 279 g/mol. The maximum atomic E-state index is 6.28. The SMILES string of the molecule is CNC(C1=CCCCCCC1)c1ncc(Cl)cc1Cl. The van der Waals surface area contributed by atoms with Gasteiger partial charge >= 0.3 is 0 Å². The van der Waals surface area contributed by atoms with E-state index in [1.807, 2.05) is 7.05 Å². The van der Waals surface area contributed by atoms with E-state index >= 15 is 0 Å². The lowest BCUT2D eigenvalue weighted by molar-refractivity contribution is 0.567. The van der Waals surface area contributed by atoms with Crippen molar-refractivity contribution in [1.82, 2.24) is 10.3 Å². The second-order valence-corrected chi connectivity index (χ2v) is 5.82. The molecule has 2 rings (SSSR count). The number of allylic oxidation sites excluding steroid dienone is 1. The summed E-state index contributed by atoms with van der Waals surface area (Å²) >= 11 is 12.2. The van der Waals surface area contributed by atoms with E-state index in [1.165, 1.54) is 31.3 Å². The van der Waals surface area contributed by atoms with Crippen molar-refractivity contribution in [1.29, 1.82) is 0 Å². The smallest absolute Gasteiger partial charge is 0.0802 e. The number of nitrogens with zero attached hydrogens (tertiary/aromatic N) is 1. The molecule has 0 fully saturated rings. The monoisotopic (exact) mass is 298 g/mol. The fraction of sp³-hybridized carbons (Fsp3) is 0.533. The third kappa shape index (κ3) is 3.95. The van der Waals surface area contributed by atoms with E-state index < -0.39 is 0 Å². The lowest BCUT2D eigenvalue weighted by atomic mass is 9.93. The van der Waals surface area contributed by atoms with Gasteiger partial charge in [-0.1, -0.05) is 47.7 Å². The van der Waals surface area contributed by atoms with Gasteiger partial charge < -0.3 is 5.32 Å². The van der Waals surface area contributed by atoms with Crippen LogP contribution in [0.3, 0.4) is 0 Å². The van der Waals surface area contributed by atoms with Crippen LogP contribution in [-0.2, 0) is 0 Å². The lowest BCUT2D eigenvalue weighted by Crippen LogP contribution is -2.21. The second-order valence-electron chi connectivity index (χ2n) is 4.97. The number of hydrogen-bond donors (Lipinski definition) is 1. The number of pyridine rings is 1. The Hall–Kier alpha value is -0.570. The van der Waals surface area contributed by atoms with Crippen molar-refractivity contribution in [3.8, 4) is 0 Å². The van der Waals surface area contributed by atoms with Crippen molar-refractivity contribution in [3.05, 3.63) is 39.7 Å². The van der Waals surface area contributed by atoms with Crippen molar-refractivity contribution in [2.75, 3.05) is 7.05 Å². The maximum Gasteiger partial charge on any atom is 0.0802 e. The fourth-order valence-corrected chi connectivity index (χ4v) is 3.10. The van der Waals surface area contributed by atoms with Gasteiger partial charge in [-0.3, -0.25) is 4.98 Å². The van der Waals surface area contributed by atoms with E-state index in [0.717, 1.165) is 18.5 Å². The summed E-state index contributed by atoms with van der Waals surface area (Å²) in [6.07, 6.45) is 11.5. The first-order chi connectivity index (χ1) is 9.22. The second kappa shape index (κ2) is 7.28. The highest BCUT2D eigenvalue weighted by Gasteiger charge is 2.19. The predicted molar refractivity (Wildman–Crippen MR) is 81.8 cm³/mol. The highest BCUT2D eigenvalue weighted by molar-refractivity contribution is 6.34. The van der Waals surface area contributed by atoms with Crippen LogP contribution in [0, 0.1) is 0 Å². The van der Waals surface area contributed by atoms with Gasteiger partial charge in [-0.25, -0.2) is 0 Å². The Balaban J connectivity index is 2.27. The molecule has 4 heteroatoms. The number of hydrogen-bond acceptors (Lipinski definition) is 2. The average molecular weight is 299 g/mol. The minimum absolute atomic E-state index is 0.0999. The third-order valence-corrected chi connectivity index (χ3v) is 4.10. The highest BCUT2D eigenvalue weighted by atomic mass is 35.5. The molecule has 1 atom stereocenters. The lowest BCUT2D eigenvalue weighted by Gasteiger charge is -2.22. The average Bonchev–Trinajstić information content (AvgIpc) is 2.34. The van der Waals surface area contributed by atoms with E-state index in [2.05, 4.69) is 16.4 Å². The third-order valence-electron chi connectivity index (χ3n) is 3.60. The highest BCUT2D eigenvalue weighted by Crippen LogP contribution is 2.32. The first kappa shape index (κ1) is 14.8. The Labute approximate surface area is 125 Å². The topological polar surface area (TPSA) is 24.9 Å². The molecule has 0 aliphatic heterocycles. The maximum absolute atomic E-state index is 6.28. The summed E-state index contributed by atoms with van der Waals surface area (Å²) in [7, 11) is 1.96. The first-order valence-corrected chi connectivity index (χ1v) is 7.65. The Morgan fingerprint density at radius 2 is 2.00 bits per heavy atom. The zero-order valence-electron chi connectivity index (χ0n) is 11.3. The molecule has 0 amide bonds. The molecular formula is C15H20Cl2N2. The molecule has 1 N–H and O–H groups in total. The van der Waals surface area contributed by atoms with Crippen molar-refractivity contribution < 1.29 is 0 Å². The van der Waals surface area contributed by atoms with E-state index in [9.17, 15) is 0 Å². The molecule has 1 aliphatic rings. The van der Waals surface area contributed by atoms with Crippen LogP contribution in [0.15, 0.2) is 23.9 Å². The summed E-state index contributed by atoms with van der Waals surface area (Å²) in [5, 5.41) is 4.55. The molecule has 104 valence electrons. The number of rotatable bonds is 3. The molecule has 0 bridgehead atoms. The Morgan fingerprint density at radius 1 is 1.21 bits per heavy atom. The van der Waals surface area contributed by atoms with E-state index in [1.54, 1.807) is 12.3 Å². The van der Waals surface area contributed by atoms with Crippen LogP contribution < -0.4 is 5.32 Å². The summed E-state index contributed by atoms with van der Waals surface area (Å²) in [4.78, 5) is 4.41. The van der Waals surface area contributed by atoms with Crippen molar-refractivity contribution in [3.63, 3.8) is 0 Å². The molecule has 0 radical (unpaired) electrons. The molecule has 19 heavy (non-hydrogen) atoms. The summed E-state index contributed by atoms with van der Waals surface area (Å²) in [6, 6.07) is 1.86. The van der Waals surface area contributed by atoms with Crippen molar-refractivity contribution in [2.24, 2.45) is 0 Å². The van der Waals surface area contributed by atoms with Gasteiger partial charge in [0.15, 0.2) is 0 Å². The van der Waals surface area contributed by atoms with Gasteiger partial charge in [0.25, 0.3) is 0 Å². The Kier molecular flexibility index (Phi) is 5.68. The molecule has 0 saturated heterocycles. The minimum atomic E-state index is 0.0999. The fourth-order valence-electron chi connectivity index (χ4n) is 2.61. The first-order valence-electron chi connectivity index (χ1n) is 6.89. The van der Waals surface area contributed by atoms with E-state index in [-0.39, 0.29) is 6.04 Å². The number of nitrogens with one attached hydrogen (secondary N) is 1. The van der Waals surface area contributed by atoms with Crippen LogP contribution in [-0.4, -0.2) is 12.0 Å². The molecule has 1 unspecified atom stereocenters. The van der Waals surface area contributed by atoms with Gasteiger partial charge in [0.2, 0.25) is 0 Å². The van der Waals surface area contributed by atoms with Gasteiger partial charge in [0.05, 0.1) is 21.8 Å². The Bertz CT molecular complexity index is 457. The van der Waals surface area contributed by atoms with Crippen LogP contribution in [0.5, 0.6) is 0 Å². The van der Waals surface area contributed by atoms with Crippen LogP contribution in [0.4, 0.5) is 0 Å². The van der Waals surface area contributed by atoms with Gasteiger partial charge in [-0.15, -0.1) is 0 Å². The minimum Gasteiger partial charge on any atom is -0.308 e. The van der Waals surface area contributed by atoms with Crippen molar-refractivity contribution in [2.45, 2.75) is 44.6 Å². The number of likely N-dealkylation sites (N-methyl/N-ethyl adjacent to an activating group) is 1. The molecule has 0 saturated carbocycles. The molecule has 0 aromatic carbocycles. The standard InChI is InChI=1S/C15H20Cl2N2/c1-18-14(11-7-5-3-2-4-6-8-11)15-13(17)9-12(16)10-19-15/h7,9-10,14,18H,2-6,8H2,1H3. The molecule has 1 aromatic heterocycles. The van der Waals surface area contributed by atoms with Crippen LogP contribution in [0.2, 0.25) is 10.0 Å². The van der Waals surface area contributed by atoms with Gasteiger partial charge in [-0.2, -0.15) is 0 Å². The van der Waals surface area contributed by atoms with E-state index in [4.69, 9.17) is 23.2 Å². The van der Waals surface area contributed by atoms with Crippen LogP contribution >= 0.6 is 23.2 Å². The molecule has 2 nitrogen and oxygen atoms in total. The van der Waals surface area contributed by atoms with Crippen LogP contribution in [0.25, 0.3) is 0 Å². The normalized spacial score (nSPS) is 18.4. The van der Waals surface area contributed by atoms with Gasteiger partial charge in [-0.05, 0) is 38.8 Å². The largest absolute Gasteiger partial charge is 0.308 e. The molecule has 1 aliphatic carbocycles. The molecule has 1 heterocycles. The zero-order chi connectivity index (χ0) is 13.7. The number of halogens is 2. The van der Waals surface area contributed by atoms with Gasteiger partial charge in [0.1, 0.15) is 0 Å². The number of aromatic nitrogens is 1. The summed E-state index contributed by atoms with van der Waals surface area (Å²) in [5.41, 5.74) is 2.28.